The highest BCUT2D eigenvalue weighted by Crippen LogP contribution is 2.58. The molecule has 9 aromatic carbocycles. The van der Waals surface area contributed by atoms with Crippen molar-refractivity contribution in [3.05, 3.63) is 250 Å². The summed E-state index contributed by atoms with van der Waals surface area (Å²) in [6.45, 7) is 4.73. The molecule has 1 atom stereocenters. The van der Waals surface area contributed by atoms with Crippen LogP contribution < -0.4 is 0 Å². The number of fused-ring (bicyclic) bond motifs is 11. The number of furan rings is 1. The second-order valence-electron chi connectivity index (χ2n) is 17.9. The molecule has 0 bridgehead atoms. The number of para-hydroxylation sites is 1. The van der Waals surface area contributed by atoms with Gasteiger partial charge in [-0.1, -0.05) is 202 Å². The third kappa shape index (κ3) is 5.46. The SMILES string of the molecule is CC1(C)c2ccccc2-c2cc(CC(CCc3ccc4c(c3)C(c3ccccc3)(c3ccccc3)c3c-4ccc4ccccc34)c3ccc4c(c3)oc3ccccc34)ccc21. The van der Waals surface area contributed by atoms with Crippen LogP contribution in [0.15, 0.2) is 205 Å². The first-order valence-electron chi connectivity index (χ1n) is 21.9. The first-order chi connectivity index (χ1) is 30.0. The molecule has 12 rings (SSSR count). The third-order valence-electron chi connectivity index (χ3n) is 14.3. The van der Waals surface area contributed by atoms with Gasteiger partial charge in [0.1, 0.15) is 11.2 Å². The van der Waals surface area contributed by atoms with Crippen LogP contribution in [0.1, 0.15) is 76.3 Å². The molecule has 0 saturated carbocycles. The van der Waals surface area contributed by atoms with E-state index in [-0.39, 0.29) is 11.3 Å². The van der Waals surface area contributed by atoms with Gasteiger partial charge in [-0.25, -0.2) is 0 Å². The average Bonchev–Trinajstić information content (AvgIpc) is 3.91. The largest absolute Gasteiger partial charge is 0.456 e. The van der Waals surface area contributed by atoms with Crippen molar-refractivity contribution >= 4 is 32.7 Å². The molecule has 0 aliphatic heterocycles. The summed E-state index contributed by atoms with van der Waals surface area (Å²) in [7, 11) is 0. The molecule has 0 amide bonds. The maximum atomic E-state index is 6.50. The number of benzene rings is 9. The third-order valence-corrected chi connectivity index (χ3v) is 14.3. The van der Waals surface area contributed by atoms with Gasteiger partial charge in [0, 0.05) is 16.2 Å². The fourth-order valence-electron chi connectivity index (χ4n) is 11.4. The smallest absolute Gasteiger partial charge is 0.135 e. The van der Waals surface area contributed by atoms with Crippen LogP contribution in [0, 0.1) is 0 Å². The zero-order valence-electron chi connectivity index (χ0n) is 34.7. The van der Waals surface area contributed by atoms with Crippen molar-refractivity contribution in [2.75, 3.05) is 0 Å². The lowest BCUT2D eigenvalue weighted by molar-refractivity contribution is 0.616. The van der Waals surface area contributed by atoms with E-state index in [0.29, 0.717) is 0 Å². The highest BCUT2D eigenvalue weighted by Gasteiger charge is 2.47. The summed E-state index contributed by atoms with van der Waals surface area (Å²) in [5, 5.41) is 4.94. The second kappa shape index (κ2) is 13.8. The van der Waals surface area contributed by atoms with Gasteiger partial charge in [-0.05, 0) is 120 Å². The molecular weight excluding hydrogens is 737 g/mol. The maximum absolute atomic E-state index is 6.50. The molecule has 61 heavy (non-hydrogen) atoms. The Kier molecular flexibility index (Phi) is 8.13. The van der Waals surface area contributed by atoms with Crippen LogP contribution in [-0.4, -0.2) is 0 Å². The molecule has 1 aromatic heterocycles. The summed E-state index contributed by atoms with van der Waals surface area (Å²) in [4.78, 5) is 0. The molecule has 0 saturated heterocycles. The maximum Gasteiger partial charge on any atom is 0.135 e. The fraction of sp³-hybridized carbons (Fsp3) is 0.133. The number of aryl methyl sites for hydroxylation is 1. The quantitative estimate of drug-likeness (QED) is 0.150. The molecule has 1 heteroatoms. The Morgan fingerprint density at radius 3 is 1.90 bits per heavy atom. The summed E-state index contributed by atoms with van der Waals surface area (Å²) in [6, 6.07) is 75.1. The number of hydrogen-bond acceptors (Lipinski definition) is 1. The zero-order chi connectivity index (χ0) is 40.7. The molecule has 1 heterocycles. The van der Waals surface area contributed by atoms with Gasteiger partial charge in [0.25, 0.3) is 0 Å². The van der Waals surface area contributed by atoms with Gasteiger partial charge in [-0.3, -0.25) is 0 Å². The Morgan fingerprint density at radius 2 is 1.08 bits per heavy atom. The molecule has 2 aliphatic carbocycles. The van der Waals surface area contributed by atoms with Crippen molar-refractivity contribution in [3.63, 3.8) is 0 Å². The van der Waals surface area contributed by atoms with Gasteiger partial charge in [0.05, 0.1) is 5.41 Å². The molecule has 292 valence electrons. The first-order valence-corrected chi connectivity index (χ1v) is 21.9. The minimum absolute atomic E-state index is 0.00950. The Morgan fingerprint density at radius 1 is 0.443 bits per heavy atom. The molecule has 2 aliphatic rings. The molecule has 10 aromatic rings. The van der Waals surface area contributed by atoms with Crippen LogP contribution in [0.4, 0.5) is 0 Å². The van der Waals surface area contributed by atoms with Crippen LogP contribution >= 0.6 is 0 Å². The monoisotopic (exact) mass is 782 g/mol. The highest BCUT2D eigenvalue weighted by atomic mass is 16.3. The predicted octanol–water partition coefficient (Wildman–Crippen LogP) is 15.4. The van der Waals surface area contributed by atoms with Gasteiger partial charge in [0.15, 0.2) is 0 Å². The van der Waals surface area contributed by atoms with Crippen molar-refractivity contribution in [1.82, 2.24) is 0 Å². The fourth-order valence-corrected chi connectivity index (χ4v) is 11.4. The zero-order valence-corrected chi connectivity index (χ0v) is 34.7. The Balaban J connectivity index is 0.978. The Hall–Kier alpha value is -6.96. The summed E-state index contributed by atoms with van der Waals surface area (Å²) < 4.78 is 6.50. The number of hydrogen-bond donors (Lipinski definition) is 0. The van der Waals surface area contributed by atoms with E-state index in [2.05, 4.69) is 214 Å². The second-order valence-corrected chi connectivity index (χ2v) is 17.9. The van der Waals surface area contributed by atoms with Crippen molar-refractivity contribution in [2.45, 2.75) is 49.9 Å². The molecule has 1 unspecified atom stereocenters. The molecule has 1 nitrogen and oxygen atoms in total. The van der Waals surface area contributed by atoms with E-state index in [1.807, 2.05) is 0 Å². The standard InChI is InChI=1S/C60H46O/c1-59(2)53-23-13-11-21-47(53)52-36-40(27-34-54(52)59)35-42(43-30-32-50-49-22-12-14-24-56(49)61-57(50)38-43)28-25-39-26-31-48-51-33-29-41-15-9-10-20-46(41)58(51)60(55(48)37-39,44-16-5-3-6-17-44)45-18-7-4-8-19-45/h3-24,26-27,29-34,36-38,42H,25,28,35H2,1-2H3. The topological polar surface area (TPSA) is 13.1 Å². The van der Waals surface area contributed by atoms with Crippen LogP contribution in [0.3, 0.4) is 0 Å². The first kappa shape index (κ1) is 35.9. The predicted molar refractivity (Wildman–Crippen MR) is 254 cm³/mol. The van der Waals surface area contributed by atoms with Gasteiger partial charge in [0.2, 0.25) is 0 Å². The molecular formula is C60H46O. The van der Waals surface area contributed by atoms with Gasteiger partial charge in [-0.15, -0.1) is 0 Å². The summed E-state index contributed by atoms with van der Waals surface area (Å²) >= 11 is 0. The summed E-state index contributed by atoms with van der Waals surface area (Å²) in [5.74, 6) is 0.280. The lowest BCUT2D eigenvalue weighted by atomic mass is 9.66. The minimum atomic E-state index is -0.468. The molecule has 0 fully saturated rings. The average molecular weight is 783 g/mol. The lowest BCUT2D eigenvalue weighted by Gasteiger charge is -2.35. The molecule has 0 radical (unpaired) electrons. The van der Waals surface area contributed by atoms with E-state index in [4.69, 9.17) is 4.42 Å². The Labute approximate surface area is 358 Å². The van der Waals surface area contributed by atoms with Gasteiger partial charge in [-0.2, -0.15) is 0 Å². The highest BCUT2D eigenvalue weighted by molar-refractivity contribution is 6.05. The van der Waals surface area contributed by atoms with Gasteiger partial charge < -0.3 is 4.42 Å². The molecule has 0 spiro atoms. The van der Waals surface area contributed by atoms with Crippen LogP contribution in [-0.2, 0) is 23.7 Å². The van der Waals surface area contributed by atoms with Crippen molar-refractivity contribution in [1.29, 1.82) is 0 Å². The number of rotatable bonds is 8. The van der Waals surface area contributed by atoms with E-state index < -0.39 is 5.41 Å². The van der Waals surface area contributed by atoms with Crippen LogP contribution in [0.2, 0.25) is 0 Å². The van der Waals surface area contributed by atoms with Crippen molar-refractivity contribution in [2.24, 2.45) is 0 Å². The summed E-state index contributed by atoms with van der Waals surface area (Å²) in [6.07, 6.45) is 2.90. The van der Waals surface area contributed by atoms with Crippen molar-refractivity contribution in [3.8, 4) is 22.3 Å². The minimum Gasteiger partial charge on any atom is -0.456 e. The van der Waals surface area contributed by atoms with E-state index in [0.717, 1.165) is 30.4 Å². The molecule has 0 N–H and O–H groups in total. The van der Waals surface area contributed by atoms with E-state index >= 15 is 0 Å². The van der Waals surface area contributed by atoms with E-state index in [1.165, 1.54) is 93.9 Å². The van der Waals surface area contributed by atoms with Gasteiger partial charge >= 0.3 is 0 Å². The van der Waals surface area contributed by atoms with Crippen LogP contribution in [0.25, 0.3) is 55.0 Å². The van der Waals surface area contributed by atoms with Crippen LogP contribution in [0.5, 0.6) is 0 Å². The van der Waals surface area contributed by atoms with E-state index in [1.54, 1.807) is 0 Å². The normalized spacial score (nSPS) is 14.8. The van der Waals surface area contributed by atoms with Crippen molar-refractivity contribution < 1.29 is 4.42 Å². The summed E-state index contributed by atoms with van der Waals surface area (Å²) in [5.41, 5.74) is 19.1. The Bertz CT molecular complexity index is 3270. The van der Waals surface area contributed by atoms with E-state index in [9.17, 15) is 0 Å². The lowest BCUT2D eigenvalue weighted by Crippen LogP contribution is -2.29.